The van der Waals surface area contributed by atoms with Crippen LogP contribution in [-0.4, -0.2) is 0 Å². The number of rotatable bonds is 6. The first-order chi connectivity index (χ1) is 27.3. The van der Waals surface area contributed by atoms with Gasteiger partial charge in [-0.05, 0) is 87.3 Å². The number of furan rings is 1. The lowest BCUT2D eigenvalue weighted by Crippen LogP contribution is -2.11. The van der Waals surface area contributed by atoms with Crippen LogP contribution >= 0.6 is 11.3 Å². The number of benzene rings is 9. The minimum absolute atomic E-state index is 0.860. The van der Waals surface area contributed by atoms with Gasteiger partial charge in [0.25, 0.3) is 0 Å². The van der Waals surface area contributed by atoms with E-state index < -0.39 is 0 Å². The summed E-state index contributed by atoms with van der Waals surface area (Å²) in [5, 5.41) is 7.17. The molecule has 2 heterocycles. The molecule has 0 fully saturated rings. The molecule has 0 aliphatic carbocycles. The van der Waals surface area contributed by atoms with Crippen LogP contribution in [0.3, 0.4) is 0 Å². The molecule has 0 N–H and O–H groups in total. The number of anilines is 3. The largest absolute Gasteiger partial charge is 0.454 e. The summed E-state index contributed by atoms with van der Waals surface area (Å²) in [4.78, 5) is 2.41. The third-order valence-electron chi connectivity index (χ3n) is 10.8. The Labute approximate surface area is 322 Å². The Hall–Kier alpha value is -6.94. The Bertz CT molecular complexity index is 3210. The van der Waals surface area contributed by atoms with Crippen LogP contribution in [-0.2, 0) is 0 Å². The summed E-state index contributed by atoms with van der Waals surface area (Å²) in [5.74, 6) is 0. The van der Waals surface area contributed by atoms with Crippen molar-refractivity contribution in [1.82, 2.24) is 0 Å². The van der Waals surface area contributed by atoms with E-state index in [4.69, 9.17) is 4.42 Å². The molecule has 0 saturated carbocycles. The van der Waals surface area contributed by atoms with Gasteiger partial charge in [0.15, 0.2) is 5.58 Å². The molecule has 0 bridgehead atoms. The SMILES string of the molecule is c1ccc(-c2cc(-c3ccc4c(c3)sc3ccccc34)cc(N(c3ccc(-c4ccccc4)c4ccccc34)c3cccc4c3oc3ccccc34)c2)cc1. The highest BCUT2D eigenvalue weighted by Gasteiger charge is 2.23. The molecule has 11 rings (SSSR count). The van der Waals surface area contributed by atoms with Crippen molar-refractivity contribution >= 4 is 81.3 Å². The molecule has 0 unspecified atom stereocenters. The Morgan fingerprint density at radius 2 is 0.982 bits per heavy atom. The second-order valence-corrected chi connectivity index (χ2v) is 15.2. The molecule has 0 amide bonds. The van der Waals surface area contributed by atoms with Crippen molar-refractivity contribution in [2.45, 2.75) is 0 Å². The van der Waals surface area contributed by atoms with Crippen molar-refractivity contribution in [1.29, 1.82) is 0 Å². The third-order valence-corrected chi connectivity index (χ3v) is 12.0. The molecule has 2 aromatic heterocycles. The van der Waals surface area contributed by atoms with Crippen LogP contribution in [0, 0.1) is 0 Å². The maximum absolute atomic E-state index is 6.78. The molecular weight excluding hydrogens is 687 g/mol. The first kappa shape index (κ1) is 31.6. The maximum atomic E-state index is 6.78. The van der Waals surface area contributed by atoms with E-state index in [-0.39, 0.29) is 0 Å². The molecule has 9 aromatic carbocycles. The highest BCUT2D eigenvalue weighted by Crippen LogP contribution is 2.48. The molecule has 55 heavy (non-hydrogen) atoms. The highest BCUT2D eigenvalue weighted by atomic mass is 32.1. The van der Waals surface area contributed by atoms with Crippen molar-refractivity contribution in [3.05, 3.63) is 200 Å². The average Bonchev–Trinajstić information content (AvgIpc) is 3.83. The molecule has 3 heteroatoms. The molecule has 2 nitrogen and oxygen atoms in total. The highest BCUT2D eigenvalue weighted by molar-refractivity contribution is 7.25. The van der Waals surface area contributed by atoms with Crippen molar-refractivity contribution in [2.24, 2.45) is 0 Å². The summed E-state index contributed by atoms with van der Waals surface area (Å²) in [6.07, 6.45) is 0. The van der Waals surface area contributed by atoms with Gasteiger partial charge in [0.2, 0.25) is 0 Å². The maximum Gasteiger partial charge on any atom is 0.159 e. The summed E-state index contributed by atoms with van der Waals surface area (Å²) in [5.41, 5.74) is 11.9. The van der Waals surface area contributed by atoms with E-state index >= 15 is 0 Å². The number of thiophene rings is 1. The summed E-state index contributed by atoms with van der Waals surface area (Å²) >= 11 is 1.86. The normalized spacial score (nSPS) is 11.6. The molecule has 258 valence electrons. The van der Waals surface area contributed by atoms with Crippen LogP contribution < -0.4 is 4.90 Å². The van der Waals surface area contributed by atoms with Gasteiger partial charge < -0.3 is 9.32 Å². The quantitative estimate of drug-likeness (QED) is 0.170. The van der Waals surface area contributed by atoms with E-state index in [2.05, 4.69) is 199 Å². The minimum Gasteiger partial charge on any atom is -0.454 e. The zero-order chi connectivity index (χ0) is 36.3. The number of hydrogen-bond acceptors (Lipinski definition) is 3. The Morgan fingerprint density at radius 3 is 1.80 bits per heavy atom. The average molecular weight is 720 g/mol. The van der Waals surface area contributed by atoms with E-state index in [1.807, 2.05) is 17.4 Å². The zero-order valence-corrected chi connectivity index (χ0v) is 30.6. The van der Waals surface area contributed by atoms with Crippen LogP contribution in [0.4, 0.5) is 17.1 Å². The molecule has 0 spiro atoms. The van der Waals surface area contributed by atoms with Gasteiger partial charge in [-0.15, -0.1) is 11.3 Å². The van der Waals surface area contributed by atoms with E-state index in [0.29, 0.717) is 0 Å². The van der Waals surface area contributed by atoms with Gasteiger partial charge in [-0.2, -0.15) is 0 Å². The Morgan fingerprint density at radius 1 is 0.345 bits per heavy atom. The van der Waals surface area contributed by atoms with Crippen molar-refractivity contribution in [3.63, 3.8) is 0 Å². The van der Waals surface area contributed by atoms with E-state index in [1.54, 1.807) is 0 Å². The number of hydrogen-bond donors (Lipinski definition) is 0. The van der Waals surface area contributed by atoms with Crippen LogP contribution in [0.5, 0.6) is 0 Å². The monoisotopic (exact) mass is 719 g/mol. The smallest absolute Gasteiger partial charge is 0.159 e. The lowest BCUT2D eigenvalue weighted by atomic mass is 9.94. The van der Waals surface area contributed by atoms with Crippen LogP contribution in [0.1, 0.15) is 0 Å². The second-order valence-electron chi connectivity index (χ2n) is 14.1. The van der Waals surface area contributed by atoms with Gasteiger partial charge >= 0.3 is 0 Å². The molecule has 11 aromatic rings. The second kappa shape index (κ2) is 12.9. The zero-order valence-electron chi connectivity index (χ0n) is 29.8. The van der Waals surface area contributed by atoms with Gasteiger partial charge in [-0.25, -0.2) is 0 Å². The fourth-order valence-corrected chi connectivity index (χ4v) is 9.42. The first-order valence-corrected chi connectivity index (χ1v) is 19.5. The van der Waals surface area contributed by atoms with Crippen molar-refractivity contribution < 1.29 is 4.42 Å². The van der Waals surface area contributed by atoms with E-state index in [0.717, 1.165) is 55.5 Å². The van der Waals surface area contributed by atoms with Gasteiger partial charge in [-0.1, -0.05) is 152 Å². The number of nitrogens with zero attached hydrogens (tertiary/aromatic N) is 1. The Kier molecular flexibility index (Phi) is 7.39. The van der Waals surface area contributed by atoms with E-state index in [9.17, 15) is 0 Å². The van der Waals surface area contributed by atoms with Crippen molar-refractivity contribution in [2.75, 3.05) is 4.90 Å². The Balaban J connectivity index is 1.21. The fourth-order valence-electron chi connectivity index (χ4n) is 8.27. The van der Waals surface area contributed by atoms with Crippen LogP contribution in [0.25, 0.3) is 86.3 Å². The lowest BCUT2D eigenvalue weighted by molar-refractivity contribution is 0.669. The molecule has 0 aliphatic rings. The molecule has 0 radical (unpaired) electrons. The van der Waals surface area contributed by atoms with Gasteiger partial charge in [0, 0.05) is 42.0 Å². The van der Waals surface area contributed by atoms with Gasteiger partial charge in [0.1, 0.15) is 5.58 Å². The summed E-state index contributed by atoms with van der Waals surface area (Å²) in [6.45, 7) is 0. The number of para-hydroxylation sites is 2. The van der Waals surface area contributed by atoms with Crippen LogP contribution in [0.2, 0.25) is 0 Å². The predicted octanol–water partition coefficient (Wildman–Crippen LogP) is 15.6. The predicted molar refractivity (Wildman–Crippen MR) is 235 cm³/mol. The number of fused-ring (bicyclic) bond motifs is 7. The third kappa shape index (κ3) is 5.32. The standard InChI is InChI=1S/C52H33NOS/c1-3-14-34(15-4-1)37-30-38(36-26-27-45-44-21-10-12-25-50(44)55-51(45)33-36)32-39(31-37)53(48-23-13-22-46-43-20-9-11-24-49(43)54-52(46)48)47-29-28-40(35-16-5-2-6-17-35)41-18-7-8-19-42(41)47/h1-33H. The summed E-state index contributed by atoms with van der Waals surface area (Å²) in [6, 6.07) is 72.3. The molecule has 0 saturated heterocycles. The minimum atomic E-state index is 0.860. The first-order valence-electron chi connectivity index (χ1n) is 18.7. The van der Waals surface area contributed by atoms with Gasteiger partial charge in [0.05, 0.1) is 11.4 Å². The molecule has 0 atom stereocenters. The fraction of sp³-hybridized carbons (Fsp3) is 0. The molecular formula is C52H33NOS. The molecule has 0 aliphatic heterocycles. The van der Waals surface area contributed by atoms with Gasteiger partial charge in [-0.3, -0.25) is 0 Å². The topological polar surface area (TPSA) is 16.4 Å². The summed E-state index contributed by atoms with van der Waals surface area (Å²) < 4.78 is 9.38. The summed E-state index contributed by atoms with van der Waals surface area (Å²) in [7, 11) is 0. The van der Waals surface area contributed by atoms with Crippen molar-refractivity contribution in [3.8, 4) is 33.4 Å². The lowest BCUT2D eigenvalue weighted by Gasteiger charge is -2.28. The van der Waals surface area contributed by atoms with Crippen LogP contribution in [0.15, 0.2) is 205 Å². The van der Waals surface area contributed by atoms with E-state index in [1.165, 1.54) is 47.8 Å².